The fourth-order valence-corrected chi connectivity index (χ4v) is 4.18. The summed E-state index contributed by atoms with van der Waals surface area (Å²) >= 11 is 6.14. The van der Waals surface area contributed by atoms with E-state index in [0.29, 0.717) is 16.3 Å². The van der Waals surface area contributed by atoms with Gasteiger partial charge in [0.15, 0.2) is 5.78 Å². The lowest BCUT2D eigenvalue weighted by molar-refractivity contribution is -0.111. The van der Waals surface area contributed by atoms with Crippen molar-refractivity contribution in [3.05, 3.63) is 149 Å². The average Bonchev–Trinajstić information content (AvgIpc) is 3.41. The highest BCUT2D eigenvalue weighted by Crippen LogP contribution is 2.25. The fraction of sp³-hybridized carbons (Fsp3) is 0. The zero-order valence-electron chi connectivity index (χ0n) is 20.9. The molecule has 0 aliphatic carbocycles. The van der Waals surface area contributed by atoms with E-state index >= 15 is 0 Å². The molecular formula is C33H24ClN3O2. The van der Waals surface area contributed by atoms with Gasteiger partial charge in [-0.1, -0.05) is 78.3 Å². The van der Waals surface area contributed by atoms with Gasteiger partial charge in [-0.15, -0.1) is 0 Å². The summed E-state index contributed by atoms with van der Waals surface area (Å²) in [5.74, 6) is -0.448. The highest BCUT2D eigenvalue weighted by Gasteiger charge is 2.11. The number of ketones is 1. The molecule has 5 aromatic rings. The molecule has 0 spiro atoms. The van der Waals surface area contributed by atoms with Crippen molar-refractivity contribution in [2.75, 3.05) is 5.32 Å². The fourth-order valence-electron chi connectivity index (χ4n) is 3.98. The van der Waals surface area contributed by atoms with E-state index in [-0.39, 0.29) is 11.7 Å². The highest BCUT2D eigenvalue weighted by molar-refractivity contribution is 6.32. The second-order valence-electron chi connectivity index (χ2n) is 8.70. The molecule has 4 aromatic carbocycles. The lowest BCUT2D eigenvalue weighted by atomic mass is 10.1. The van der Waals surface area contributed by atoms with Gasteiger partial charge in [0.2, 0.25) is 5.91 Å². The summed E-state index contributed by atoms with van der Waals surface area (Å²) < 4.78 is 1.80. The van der Waals surface area contributed by atoms with Crippen molar-refractivity contribution in [1.29, 1.82) is 0 Å². The molecule has 1 amide bonds. The number of rotatable bonds is 8. The van der Waals surface area contributed by atoms with E-state index in [1.165, 1.54) is 12.2 Å². The summed E-state index contributed by atoms with van der Waals surface area (Å²) in [4.78, 5) is 25.2. The molecule has 1 aromatic heterocycles. The number of carbonyl (C=O) groups is 2. The first-order valence-electron chi connectivity index (χ1n) is 12.3. The molecule has 0 aliphatic rings. The minimum atomic E-state index is -0.292. The summed E-state index contributed by atoms with van der Waals surface area (Å²) in [5.41, 5.74) is 5.33. The van der Waals surface area contributed by atoms with E-state index in [2.05, 4.69) is 5.32 Å². The van der Waals surface area contributed by atoms with Crippen LogP contribution in [-0.4, -0.2) is 21.5 Å². The van der Waals surface area contributed by atoms with E-state index in [1.807, 2.05) is 85.1 Å². The number of amides is 1. The van der Waals surface area contributed by atoms with Gasteiger partial charge in [-0.2, -0.15) is 5.10 Å². The van der Waals surface area contributed by atoms with E-state index in [1.54, 1.807) is 47.2 Å². The first kappa shape index (κ1) is 25.6. The van der Waals surface area contributed by atoms with Crippen molar-refractivity contribution in [2.24, 2.45) is 0 Å². The number of nitrogens with one attached hydrogen (secondary N) is 1. The largest absolute Gasteiger partial charge is 0.323 e. The normalized spacial score (nSPS) is 11.2. The van der Waals surface area contributed by atoms with Gasteiger partial charge >= 0.3 is 0 Å². The number of hydrogen-bond acceptors (Lipinski definition) is 3. The first-order chi connectivity index (χ1) is 19.1. The van der Waals surface area contributed by atoms with E-state index in [4.69, 9.17) is 16.7 Å². The van der Waals surface area contributed by atoms with Crippen LogP contribution >= 0.6 is 11.6 Å². The molecule has 1 N–H and O–H groups in total. The van der Waals surface area contributed by atoms with Gasteiger partial charge in [0.05, 0.1) is 11.4 Å². The number of benzene rings is 4. The zero-order valence-corrected chi connectivity index (χ0v) is 21.6. The van der Waals surface area contributed by atoms with Gasteiger partial charge in [0.1, 0.15) is 0 Å². The summed E-state index contributed by atoms with van der Waals surface area (Å²) in [5, 5.41) is 8.19. The van der Waals surface area contributed by atoms with Crippen LogP contribution in [0.25, 0.3) is 29.1 Å². The van der Waals surface area contributed by atoms with E-state index in [9.17, 15) is 9.59 Å². The van der Waals surface area contributed by atoms with Gasteiger partial charge in [-0.25, -0.2) is 4.68 Å². The van der Waals surface area contributed by atoms with Crippen molar-refractivity contribution in [3.8, 4) is 16.9 Å². The van der Waals surface area contributed by atoms with Crippen LogP contribution in [0.15, 0.2) is 128 Å². The van der Waals surface area contributed by atoms with Crippen LogP contribution in [-0.2, 0) is 4.79 Å². The molecule has 0 unspecified atom stereocenters. The predicted molar refractivity (Wildman–Crippen MR) is 158 cm³/mol. The molecule has 0 fully saturated rings. The van der Waals surface area contributed by atoms with Crippen LogP contribution in [0.1, 0.15) is 21.5 Å². The molecule has 39 heavy (non-hydrogen) atoms. The third kappa shape index (κ3) is 6.47. The number of aromatic nitrogens is 2. The highest BCUT2D eigenvalue weighted by atomic mass is 35.5. The molecule has 0 atom stereocenters. The number of para-hydroxylation sites is 1. The molecule has 5 rings (SSSR count). The Labute approximate surface area is 231 Å². The molecule has 0 bridgehead atoms. The summed E-state index contributed by atoms with van der Waals surface area (Å²) in [6.07, 6.45) is 8.30. The lowest BCUT2D eigenvalue weighted by Crippen LogP contribution is -2.08. The number of carbonyl (C=O) groups excluding carboxylic acids is 2. The third-order valence-electron chi connectivity index (χ3n) is 5.98. The standard InChI is InChI=1S/C33H24ClN3O2/c34-30-14-8-7-9-24(30)17-21-31(38)25-15-19-28(20-16-25)35-32(39)22-18-27-23-37(29-12-5-2-6-13-29)36-33(27)26-10-3-1-4-11-26/h1-23H,(H,35,39)/b21-17+,22-18+. The second kappa shape index (κ2) is 12.0. The molecule has 5 nitrogen and oxygen atoms in total. The second-order valence-corrected chi connectivity index (χ2v) is 9.11. The SMILES string of the molecule is O=C(/C=C/c1cn(-c2ccccc2)nc1-c1ccccc1)Nc1ccc(C(=O)/C=C/c2ccccc2Cl)cc1. The minimum absolute atomic E-state index is 0.156. The summed E-state index contributed by atoms with van der Waals surface area (Å²) in [6, 6.07) is 33.7. The molecule has 0 aliphatic heterocycles. The number of hydrogen-bond donors (Lipinski definition) is 1. The average molecular weight is 530 g/mol. The van der Waals surface area contributed by atoms with Crippen LogP contribution in [0.4, 0.5) is 5.69 Å². The van der Waals surface area contributed by atoms with Crippen molar-refractivity contribution in [3.63, 3.8) is 0 Å². The molecule has 6 heteroatoms. The van der Waals surface area contributed by atoms with E-state index in [0.717, 1.165) is 28.1 Å². The van der Waals surface area contributed by atoms with Gasteiger partial charge in [0.25, 0.3) is 0 Å². The van der Waals surface area contributed by atoms with Gasteiger partial charge < -0.3 is 5.32 Å². The van der Waals surface area contributed by atoms with Gasteiger partial charge in [-0.3, -0.25) is 9.59 Å². The van der Waals surface area contributed by atoms with Crippen LogP contribution in [0, 0.1) is 0 Å². The van der Waals surface area contributed by atoms with Crippen LogP contribution in [0.2, 0.25) is 5.02 Å². The maximum Gasteiger partial charge on any atom is 0.248 e. The Bertz CT molecular complexity index is 1650. The zero-order chi connectivity index (χ0) is 27.0. The Kier molecular flexibility index (Phi) is 7.91. The minimum Gasteiger partial charge on any atom is -0.323 e. The lowest BCUT2D eigenvalue weighted by Gasteiger charge is -2.03. The summed E-state index contributed by atoms with van der Waals surface area (Å²) in [7, 11) is 0. The number of halogens is 1. The molecule has 190 valence electrons. The van der Waals surface area contributed by atoms with Crippen molar-refractivity contribution >= 4 is 41.1 Å². The predicted octanol–water partition coefficient (Wildman–Crippen LogP) is 7.74. The van der Waals surface area contributed by atoms with Crippen molar-refractivity contribution in [2.45, 2.75) is 0 Å². The number of nitrogens with zero attached hydrogens (tertiary/aromatic N) is 2. The first-order valence-corrected chi connectivity index (χ1v) is 12.7. The van der Waals surface area contributed by atoms with Gasteiger partial charge in [0, 0.05) is 39.7 Å². The van der Waals surface area contributed by atoms with E-state index < -0.39 is 0 Å². The smallest absolute Gasteiger partial charge is 0.248 e. The molecular weight excluding hydrogens is 506 g/mol. The maximum absolute atomic E-state index is 12.7. The Morgan fingerprint density at radius 2 is 1.36 bits per heavy atom. The monoisotopic (exact) mass is 529 g/mol. The van der Waals surface area contributed by atoms with Crippen LogP contribution in [0.3, 0.4) is 0 Å². The molecule has 0 saturated heterocycles. The topological polar surface area (TPSA) is 64.0 Å². The van der Waals surface area contributed by atoms with Crippen molar-refractivity contribution < 1.29 is 9.59 Å². The van der Waals surface area contributed by atoms with Gasteiger partial charge in [-0.05, 0) is 66.3 Å². The maximum atomic E-state index is 12.7. The Balaban J connectivity index is 1.28. The van der Waals surface area contributed by atoms with Crippen LogP contribution < -0.4 is 5.32 Å². The number of anilines is 1. The third-order valence-corrected chi connectivity index (χ3v) is 6.33. The Hall–Kier alpha value is -5.00. The quantitative estimate of drug-likeness (QED) is 0.165. The Morgan fingerprint density at radius 1 is 0.718 bits per heavy atom. The number of allylic oxidation sites excluding steroid dienone is 1. The molecule has 0 radical (unpaired) electrons. The summed E-state index contributed by atoms with van der Waals surface area (Å²) in [6.45, 7) is 0. The van der Waals surface area contributed by atoms with Crippen molar-refractivity contribution in [1.82, 2.24) is 9.78 Å². The Morgan fingerprint density at radius 3 is 2.08 bits per heavy atom. The molecule has 1 heterocycles. The van der Waals surface area contributed by atoms with Crippen LogP contribution in [0.5, 0.6) is 0 Å². The molecule has 0 saturated carbocycles.